The summed E-state index contributed by atoms with van der Waals surface area (Å²) in [5, 5.41) is 8.01. The van der Waals surface area contributed by atoms with Gasteiger partial charge in [0, 0.05) is 5.75 Å². The molecule has 0 aliphatic carbocycles. The first kappa shape index (κ1) is 11.8. The molecule has 1 atom stereocenters. The lowest BCUT2D eigenvalue weighted by atomic mass is 10.4. The minimum Gasteiger partial charge on any atom is -0.480 e. The number of hydrogen-bond acceptors (Lipinski definition) is 4. The molecule has 0 unspecified atom stereocenters. The molecule has 10 heavy (non-hydrogen) atoms. The van der Waals surface area contributed by atoms with Gasteiger partial charge in [0.05, 0.1) is 0 Å². The van der Waals surface area contributed by atoms with Crippen molar-refractivity contribution in [1.82, 2.24) is 0 Å². The van der Waals surface area contributed by atoms with Crippen LogP contribution in [0.2, 0.25) is 0 Å². The van der Waals surface area contributed by atoms with Crippen LogP contribution < -0.4 is 5.73 Å². The lowest BCUT2D eigenvalue weighted by molar-refractivity contribution is -0.137. The summed E-state index contributed by atoms with van der Waals surface area (Å²) >= 11 is 3.65. The predicted molar refractivity (Wildman–Crippen MR) is 38.9 cm³/mol. The summed E-state index contributed by atoms with van der Waals surface area (Å²) in [6.45, 7) is 0. The van der Waals surface area contributed by atoms with E-state index in [4.69, 9.17) is 21.9 Å². The number of carboxylic acids is 1. The summed E-state index contributed by atoms with van der Waals surface area (Å²) in [5.41, 5.74) is 17.2. The summed E-state index contributed by atoms with van der Waals surface area (Å²) < 4.78 is 0. The number of aliphatic carboxylic acids is 1. The highest BCUT2D eigenvalue weighted by molar-refractivity contribution is 7.80. The second kappa shape index (κ2) is 8.09. The van der Waals surface area contributed by atoms with Gasteiger partial charge in [-0.3, -0.25) is 4.79 Å². The van der Waals surface area contributed by atoms with Gasteiger partial charge in [-0.25, -0.2) is 0 Å². The Morgan fingerprint density at radius 3 is 2.30 bits per heavy atom. The molecule has 0 saturated carbocycles. The number of nitrogens with one attached hydrogen (secondary N) is 1. The third-order valence-electron chi connectivity index (χ3n) is 0.514. The van der Waals surface area contributed by atoms with Gasteiger partial charge in [-0.15, -0.1) is 5.53 Å². The number of hydrogen-bond donors (Lipinski definition) is 4. The molecule has 7 heteroatoms. The molecule has 0 fully saturated rings. The Labute approximate surface area is 62.8 Å². The van der Waals surface area contributed by atoms with Crippen molar-refractivity contribution >= 4 is 18.6 Å². The fraction of sp³-hybridized carbons (Fsp3) is 0.667. The standard InChI is InChI=1S/C3H7NO2S.HN3/c4-2(1-7)3(5)6;1-3-2/h2,7H,1,4H2,(H,5,6);1H/t2-;/m0./s1. The van der Waals surface area contributed by atoms with Crippen LogP contribution in [0.4, 0.5) is 0 Å². The minimum absolute atomic E-state index is 0.190. The van der Waals surface area contributed by atoms with Gasteiger partial charge in [0.15, 0.2) is 0 Å². The zero-order valence-corrected chi connectivity index (χ0v) is 5.95. The smallest absolute Gasteiger partial charge is 0.321 e. The van der Waals surface area contributed by atoms with Gasteiger partial charge < -0.3 is 10.8 Å². The molecule has 0 rings (SSSR count). The molecule has 58 valence electrons. The second-order valence-corrected chi connectivity index (χ2v) is 1.59. The van der Waals surface area contributed by atoms with E-state index >= 15 is 0 Å². The molecule has 0 spiro atoms. The van der Waals surface area contributed by atoms with Crippen LogP contribution in [0.25, 0.3) is 10.4 Å². The van der Waals surface area contributed by atoms with E-state index in [-0.39, 0.29) is 5.75 Å². The average molecular weight is 164 g/mol. The summed E-state index contributed by atoms with van der Waals surface area (Å²) in [6, 6.07) is -0.816. The van der Waals surface area contributed by atoms with E-state index in [0.29, 0.717) is 0 Å². The molecule has 0 aromatic rings. The highest BCUT2D eigenvalue weighted by atomic mass is 32.1. The van der Waals surface area contributed by atoms with Gasteiger partial charge in [0.25, 0.3) is 0 Å². The number of nitrogens with two attached hydrogens (primary N) is 1. The molecule has 0 radical (unpaired) electrons. The topological polar surface area (TPSA) is 124 Å². The van der Waals surface area contributed by atoms with E-state index in [0.717, 1.165) is 0 Å². The maximum Gasteiger partial charge on any atom is 0.321 e. The van der Waals surface area contributed by atoms with Crippen molar-refractivity contribution in [2.24, 2.45) is 5.73 Å². The van der Waals surface area contributed by atoms with Gasteiger partial charge in [-0.2, -0.15) is 12.6 Å². The Bertz CT molecular complexity index is 132. The van der Waals surface area contributed by atoms with E-state index in [1.807, 2.05) is 0 Å². The lowest BCUT2D eigenvalue weighted by Gasteiger charge is -1.96. The molecule has 0 aromatic heterocycles. The van der Waals surface area contributed by atoms with Gasteiger partial charge in [-0.1, -0.05) is 0 Å². The molecule has 0 aliphatic heterocycles. The van der Waals surface area contributed by atoms with Crippen LogP contribution in [0.3, 0.4) is 0 Å². The first-order valence-corrected chi connectivity index (χ1v) is 2.83. The van der Waals surface area contributed by atoms with Crippen LogP contribution >= 0.6 is 12.6 Å². The molecule has 4 N–H and O–H groups in total. The quantitative estimate of drug-likeness (QED) is 0.202. The molecule has 0 amide bonds. The van der Waals surface area contributed by atoms with Crippen LogP contribution in [0, 0.1) is 5.53 Å². The van der Waals surface area contributed by atoms with E-state index in [1.165, 1.54) is 0 Å². The van der Waals surface area contributed by atoms with Crippen molar-refractivity contribution in [3.63, 3.8) is 0 Å². The van der Waals surface area contributed by atoms with E-state index in [9.17, 15) is 4.79 Å². The first-order chi connectivity index (χ1) is 4.59. The molecule has 0 aliphatic rings. The van der Waals surface area contributed by atoms with Crippen molar-refractivity contribution in [3.05, 3.63) is 10.4 Å². The van der Waals surface area contributed by atoms with Crippen molar-refractivity contribution in [2.45, 2.75) is 6.04 Å². The highest BCUT2D eigenvalue weighted by Crippen LogP contribution is 1.80. The first-order valence-electron chi connectivity index (χ1n) is 2.20. The zero-order valence-electron chi connectivity index (χ0n) is 5.06. The van der Waals surface area contributed by atoms with Crippen LogP contribution in [0.5, 0.6) is 0 Å². The number of rotatable bonds is 2. The van der Waals surface area contributed by atoms with E-state index in [2.05, 4.69) is 12.6 Å². The van der Waals surface area contributed by atoms with Gasteiger partial charge in [0.2, 0.25) is 0 Å². The Kier molecular flexibility index (Phi) is 9.57. The van der Waals surface area contributed by atoms with Crippen molar-refractivity contribution in [2.75, 3.05) is 5.75 Å². The highest BCUT2D eigenvalue weighted by Gasteiger charge is 2.06. The van der Waals surface area contributed by atoms with Gasteiger partial charge in [-0.05, 0) is 10.4 Å². The van der Waals surface area contributed by atoms with Crippen LogP contribution in [0.1, 0.15) is 0 Å². The molecular formula is C3H8N4O2S. The monoisotopic (exact) mass is 164 g/mol. The predicted octanol–water partition coefficient (Wildman–Crippen LogP) is 0.204. The van der Waals surface area contributed by atoms with Gasteiger partial charge in [0.1, 0.15) is 6.04 Å². The third kappa shape index (κ3) is 10.1. The lowest BCUT2D eigenvalue weighted by Crippen LogP contribution is -2.31. The number of carboxylic acid groups (broad SMARTS) is 1. The molecule has 6 nitrogen and oxygen atoms in total. The van der Waals surface area contributed by atoms with Crippen LogP contribution in [-0.2, 0) is 4.79 Å². The Hall–Kier alpha value is -0.910. The SMILES string of the molecule is N[C@@H](CS)C(=O)O.[N-]=[N+]=N. The fourth-order valence-corrected chi connectivity index (χ4v) is 0.234. The van der Waals surface area contributed by atoms with E-state index in [1.54, 1.807) is 4.91 Å². The minimum atomic E-state index is -1.00. The van der Waals surface area contributed by atoms with Crippen LogP contribution in [0.15, 0.2) is 0 Å². The Morgan fingerprint density at radius 1 is 2.00 bits per heavy atom. The Balaban J connectivity index is 0. The normalized spacial score (nSPS) is 10.2. The average Bonchev–Trinajstić information content (AvgIpc) is 1.88. The molecule has 0 bridgehead atoms. The Morgan fingerprint density at radius 2 is 2.30 bits per heavy atom. The fourth-order valence-electron chi connectivity index (χ4n) is 0.0781. The summed E-state index contributed by atoms with van der Waals surface area (Å²) in [4.78, 5) is 11.5. The maximum absolute atomic E-state index is 9.76. The largest absolute Gasteiger partial charge is 0.480 e. The van der Waals surface area contributed by atoms with Crippen molar-refractivity contribution in [3.8, 4) is 0 Å². The molecule has 0 saturated heterocycles. The van der Waals surface area contributed by atoms with Crippen molar-refractivity contribution in [1.29, 1.82) is 5.53 Å². The summed E-state index contributed by atoms with van der Waals surface area (Å²) in [6.07, 6.45) is 0. The molecular weight excluding hydrogens is 156 g/mol. The number of nitrogens with zero attached hydrogens (tertiary/aromatic N) is 2. The second-order valence-electron chi connectivity index (χ2n) is 1.23. The zero-order chi connectivity index (χ0) is 8.57. The number of carbonyl (C=O) groups is 1. The van der Waals surface area contributed by atoms with E-state index < -0.39 is 12.0 Å². The molecule has 0 aromatic carbocycles. The van der Waals surface area contributed by atoms with Gasteiger partial charge >= 0.3 is 5.97 Å². The summed E-state index contributed by atoms with van der Waals surface area (Å²) in [5.74, 6) is -0.815. The van der Waals surface area contributed by atoms with Crippen molar-refractivity contribution < 1.29 is 9.90 Å². The summed E-state index contributed by atoms with van der Waals surface area (Å²) in [7, 11) is 0. The molecule has 0 heterocycles. The maximum atomic E-state index is 9.76. The van der Waals surface area contributed by atoms with Crippen LogP contribution in [-0.4, -0.2) is 22.9 Å². The number of thiol groups is 1. The third-order valence-corrected chi connectivity index (χ3v) is 0.907.